The third-order valence-corrected chi connectivity index (χ3v) is 5.97. The van der Waals surface area contributed by atoms with Crippen molar-refractivity contribution in [1.29, 1.82) is 0 Å². The van der Waals surface area contributed by atoms with E-state index in [2.05, 4.69) is 10.3 Å². The number of rotatable bonds is 9. The first kappa shape index (κ1) is 27.3. The van der Waals surface area contributed by atoms with Crippen LogP contribution >= 0.6 is 11.6 Å². The van der Waals surface area contributed by atoms with Crippen LogP contribution in [0.1, 0.15) is 32.3 Å². The van der Waals surface area contributed by atoms with Crippen LogP contribution < -0.4 is 5.32 Å². The fourth-order valence-electron chi connectivity index (χ4n) is 3.72. The molecule has 0 unspecified atom stereocenters. The van der Waals surface area contributed by atoms with Crippen LogP contribution in [0.15, 0.2) is 48.7 Å². The van der Waals surface area contributed by atoms with E-state index >= 15 is 0 Å². The summed E-state index contributed by atoms with van der Waals surface area (Å²) < 4.78 is 31.9. The molecule has 0 spiro atoms. The molecule has 0 radical (unpaired) electrons. The molecule has 2 amide bonds. The second-order valence-corrected chi connectivity index (χ2v) is 9.60. The SMILES string of the molecule is CN(C(=O)CCc1ccc(F)cc1Cl)[C@H](COC(=O)Nc1cc2ccc(F)cc2cn1)CC(C)(C)O. The number of hydrogen-bond acceptors (Lipinski definition) is 5. The van der Waals surface area contributed by atoms with E-state index < -0.39 is 23.6 Å². The first-order chi connectivity index (χ1) is 16.9. The van der Waals surface area contributed by atoms with Crippen molar-refractivity contribution in [1.82, 2.24) is 9.88 Å². The van der Waals surface area contributed by atoms with E-state index in [1.807, 2.05) is 0 Å². The van der Waals surface area contributed by atoms with Crippen LogP contribution in [0, 0.1) is 11.6 Å². The summed E-state index contributed by atoms with van der Waals surface area (Å²) in [6.07, 6.45) is 1.20. The molecule has 1 atom stereocenters. The maximum Gasteiger partial charge on any atom is 0.412 e. The van der Waals surface area contributed by atoms with Crippen molar-refractivity contribution in [3.05, 3.63) is 70.9 Å². The van der Waals surface area contributed by atoms with Gasteiger partial charge in [0.2, 0.25) is 5.91 Å². The molecule has 0 fully saturated rings. The Morgan fingerprint density at radius 1 is 1.14 bits per heavy atom. The third kappa shape index (κ3) is 7.86. The number of hydrogen-bond donors (Lipinski definition) is 2. The zero-order valence-electron chi connectivity index (χ0n) is 20.2. The largest absolute Gasteiger partial charge is 0.447 e. The number of anilines is 1. The van der Waals surface area contributed by atoms with E-state index in [1.165, 1.54) is 41.4 Å². The highest BCUT2D eigenvalue weighted by Gasteiger charge is 2.28. The van der Waals surface area contributed by atoms with Gasteiger partial charge in [0, 0.05) is 30.1 Å². The number of pyridine rings is 1. The first-order valence-electron chi connectivity index (χ1n) is 11.3. The summed E-state index contributed by atoms with van der Waals surface area (Å²) in [5, 5.41) is 14.4. The summed E-state index contributed by atoms with van der Waals surface area (Å²) in [5.74, 6) is -0.877. The summed E-state index contributed by atoms with van der Waals surface area (Å²) in [4.78, 5) is 30.7. The number of aromatic nitrogens is 1. The molecule has 10 heteroatoms. The van der Waals surface area contributed by atoms with Crippen molar-refractivity contribution in [2.45, 2.75) is 44.8 Å². The normalized spacial score (nSPS) is 12.3. The van der Waals surface area contributed by atoms with Crippen molar-refractivity contribution < 1.29 is 28.2 Å². The van der Waals surface area contributed by atoms with Gasteiger partial charge >= 0.3 is 6.09 Å². The van der Waals surface area contributed by atoms with Gasteiger partial charge in [0.15, 0.2) is 0 Å². The van der Waals surface area contributed by atoms with Crippen LogP contribution in [0.5, 0.6) is 0 Å². The lowest BCUT2D eigenvalue weighted by atomic mass is 9.98. The predicted octanol–water partition coefficient (Wildman–Crippen LogP) is 5.34. The number of amides is 2. The molecular weight excluding hydrogens is 492 g/mol. The number of halogens is 3. The Morgan fingerprint density at radius 3 is 2.53 bits per heavy atom. The van der Waals surface area contributed by atoms with Gasteiger partial charge in [-0.15, -0.1) is 0 Å². The Balaban J connectivity index is 1.60. The number of nitrogens with zero attached hydrogens (tertiary/aromatic N) is 2. The Hall–Kier alpha value is -3.30. The molecular formula is C26H28ClF2N3O4. The Morgan fingerprint density at radius 2 is 1.83 bits per heavy atom. The van der Waals surface area contributed by atoms with Crippen LogP contribution in [0.2, 0.25) is 5.02 Å². The molecule has 0 aliphatic heterocycles. The quantitative estimate of drug-likeness (QED) is 0.398. The van der Waals surface area contributed by atoms with Gasteiger partial charge in [-0.25, -0.2) is 18.6 Å². The van der Waals surface area contributed by atoms with Gasteiger partial charge in [-0.1, -0.05) is 23.7 Å². The summed E-state index contributed by atoms with van der Waals surface area (Å²) in [6, 6.07) is 9.19. The minimum absolute atomic E-state index is 0.0952. The molecule has 2 aromatic carbocycles. The Labute approximate surface area is 213 Å². The maximum atomic E-state index is 13.3. The molecule has 0 saturated heterocycles. The monoisotopic (exact) mass is 519 g/mol. The molecule has 192 valence electrons. The lowest BCUT2D eigenvalue weighted by Crippen LogP contribution is -2.45. The number of carbonyl (C=O) groups excluding carboxylic acids is 2. The Kier molecular flexibility index (Phi) is 8.81. The summed E-state index contributed by atoms with van der Waals surface area (Å²) in [7, 11) is 1.57. The average Bonchev–Trinajstić information content (AvgIpc) is 2.80. The minimum atomic E-state index is -1.13. The summed E-state index contributed by atoms with van der Waals surface area (Å²) >= 11 is 6.05. The number of fused-ring (bicyclic) bond motifs is 1. The Bertz CT molecular complexity index is 1250. The van der Waals surface area contributed by atoms with Crippen molar-refractivity contribution >= 4 is 40.2 Å². The molecule has 1 heterocycles. The lowest BCUT2D eigenvalue weighted by Gasteiger charge is -2.32. The topological polar surface area (TPSA) is 91.8 Å². The molecule has 7 nitrogen and oxygen atoms in total. The van der Waals surface area contributed by atoms with Crippen molar-refractivity contribution in [3.8, 4) is 0 Å². The van der Waals surface area contributed by atoms with Crippen LogP contribution in [0.25, 0.3) is 10.8 Å². The van der Waals surface area contributed by atoms with Crippen molar-refractivity contribution in [2.24, 2.45) is 0 Å². The summed E-state index contributed by atoms with van der Waals surface area (Å²) in [5.41, 5.74) is -0.491. The highest BCUT2D eigenvalue weighted by Crippen LogP contribution is 2.21. The maximum absolute atomic E-state index is 13.3. The highest BCUT2D eigenvalue weighted by atomic mass is 35.5. The fraction of sp³-hybridized carbons (Fsp3) is 0.346. The number of likely N-dealkylation sites (N-methyl/N-ethyl adjacent to an activating group) is 1. The number of ether oxygens (including phenoxy) is 1. The molecule has 0 saturated carbocycles. The van der Waals surface area contributed by atoms with Gasteiger partial charge in [-0.2, -0.15) is 0 Å². The molecule has 0 aliphatic carbocycles. The highest BCUT2D eigenvalue weighted by molar-refractivity contribution is 6.31. The van der Waals surface area contributed by atoms with E-state index in [1.54, 1.807) is 33.0 Å². The summed E-state index contributed by atoms with van der Waals surface area (Å²) in [6.45, 7) is 3.02. The van der Waals surface area contributed by atoms with Gasteiger partial charge in [-0.3, -0.25) is 10.1 Å². The minimum Gasteiger partial charge on any atom is -0.447 e. The van der Waals surface area contributed by atoms with Gasteiger partial charge in [0.1, 0.15) is 24.1 Å². The predicted molar refractivity (Wildman–Crippen MR) is 134 cm³/mol. The van der Waals surface area contributed by atoms with E-state index in [4.69, 9.17) is 16.3 Å². The first-order valence-corrected chi connectivity index (χ1v) is 11.7. The van der Waals surface area contributed by atoms with Gasteiger partial charge < -0.3 is 14.7 Å². The van der Waals surface area contributed by atoms with E-state index in [0.29, 0.717) is 22.8 Å². The van der Waals surface area contributed by atoms with Gasteiger partial charge in [0.05, 0.1) is 11.6 Å². The molecule has 2 N–H and O–H groups in total. The van der Waals surface area contributed by atoms with E-state index in [9.17, 15) is 23.5 Å². The third-order valence-electron chi connectivity index (χ3n) is 5.62. The second-order valence-electron chi connectivity index (χ2n) is 9.20. The zero-order valence-corrected chi connectivity index (χ0v) is 21.0. The van der Waals surface area contributed by atoms with Crippen LogP contribution in [0.4, 0.5) is 19.4 Å². The molecule has 3 aromatic rings. The number of benzene rings is 2. The second kappa shape index (κ2) is 11.6. The van der Waals surface area contributed by atoms with E-state index in [-0.39, 0.29) is 42.0 Å². The number of nitrogens with one attached hydrogen (secondary N) is 1. The molecule has 36 heavy (non-hydrogen) atoms. The molecule has 3 rings (SSSR count). The number of carbonyl (C=O) groups is 2. The molecule has 1 aromatic heterocycles. The van der Waals surface area contributed by atoms with Crippen LogP contribution in [-0.2, 0) is 16.0 Å². The van der Waals surface area contributed by atoms with Crippen LogP contribution in [-0.4, -0.2) is 52.3 Å². The van der Waals surface area contributed by atoms with Crippen molar-refractivity contribution in [3.63, 3.8) is 0 Å². The fourth-order valence-corrected chi connectivity index (χ4v) is 3.99. The standard InChI is InChI=1S/C26H28ClF2N3O4/c1-26(2,35)13-21(32(3)24(33)9-6-16-4-7-20(29)12-22(16)27)15-36-25(34)31-23-11-17-5-8-19(28)10-18(17)14-30-23/h4-5,7-8,10-12,14,21,35H,6,9,13,15H2,1-3H3,(H,30,31,34)/t21-/m0/s1. The lowest BCUT2D eigenvalue weighted by molar-refractivity contribution is -0.134. The van der Waals surface area contributed by atoms with E-state index in [0.717, 1.165) is 0 Å². The van der Waals surface area contributed by atoms with Crippen molar-refractivity contribution in [2.75, 3.05) is 19.0 Å². The number of aryl methyl sites for hydroxylation is 1. The molecule has 0 bridgehead atoms. The molecule has 0 aliphatic rings. The average molecular weight is 520 g/mol. The van der Waals surface area contributed by atoms with Gasteiger partial charge in [0.25, 0.3) is 0 Å². The van der Waals surface area contributed by atoms with Crippen LogP contribution in [0.3, 0.4) is 0 Å². The number of aliphatic hydroxyl groups is 1. The zero-order chi connectivity index (χ0) is 26.5. The smallest absolute Gasteiger partial charge is 0.412 e. The van der Waals surface area contributed by atoms with Gasteiger partial charge in [-0.05, 0) is 68.0 Å².